The summed E-state index contributed by atoms with van der Waals surface area (Å²) in [6.07, 6.45) is 6.75. The van der Waals surface area contributed by atoms with Crippen LogP contribution in [-0.4, -0.2) is 54.0 Å². The van der Waals surface area contributed by atoms with E-state index in [-0.39, 0.29) is 17.4 Å². The lowest BCUT2D eigenvalue weighted by Crippen LogP contribution is -2.53. The van der Waals surface area contributed by atoms with Gasteiger partial charge in [0.2, 0.25) is 0 Å². The van der Waals surface area contributed by atoms with Gasteiger partial charge >= 0.3 is 0 Å². The maximum atomic E-state index is 12.1. The number of anilines is 1. The van der Waals surface area contributed by atoms with Gasteiger partial charge in [-0.3, -0.25) is 0 Å². The van der Waals surface area contributed by atoms with Crippen molar-refractivity contribution in [3.8, 4) is 0 Å². The van der Waals surface area contributed by atoms with E-state index in [2.05, 4.69) is 49.9 Å². The first-order valence-corrected chi connectivity index (χ1v) is 14.1. The predicted octanol–water partition coefficient (Wildman–Crippen LogP) is 5.16. The fourth-order valence-corrected chi connectivity index (χ4v) is 8.79. The highest BCUT2D eigenvalue weighted by atomic mass is 16.7. The molecule has 0 radical (unpaired) electrons. The molecule has 0 bridgehead atoms. The van der Waals surface area contributed by atoms with Crippen molar-refractivity contribution in [3.05, 3.63) is 41.0 Å². The maximum absolute atomic E-state index is 12.1. The topological polar surface area (TPSA) is 62.2 Å². The molecule has 4 fully saturated rings. The number of allylic oxidation sites excluding steroid dienone is 1. The van der Waals surface area contributed by atoms with E-state index in [0.717, 1.165) is 58.0 Å². The molecule has 35 heavy (non-hydrogen) atoms. The molecule has 6 atom stereocenters. The van der Waals surface area contributed by atoms with E-state index in [1.165, 1.54) is 22.4 Å². The fourth-order valence-electron chi connectivity index (χ4n) is 8.79. The highest BCUT2D eigenvalue weighted by Crippen LogP contribution is 2.65. The molecule has 1 unspecified atom stereocenters. The molecular weight excluding hydrogens is 438 g/mol. The second kappa shape index (κ2) is 8.58. The molecule has 1 aliphatic heterocycles. The lowest BCUT2D eigenvalue weighted by molar-refractivity contribution is -0.208. The summed E-state index contributed by atoms with van der Waals surface area (Å²) in [4.78, 5) is 2.38. The second-order valence-electron chi connectivity index (χ2n) is 12.1. The minimum atomic E-state index is -0.835. The van der Waals surface area contributed by atoms with Crippen molar-refractivity contribution in [2.45, 2.75) is 95.5 Å². The second-order valence-corrected chi connectivity index (χ2v) is 12.1. The third-order valence-electron chi connectivity index (χ3n) is 10.6. The van der Waals surface area contributed by atoms with Crippen molar-refractivity contribution >= 4 is 5.69 Å². The third kappa shape index (κ3) is 3.64. The Morgan fingerprint density at radius 3 is 2.40 bits per heavy atom. The van der Waals surface area contributed by atoms with Crippen molar-refractivity contribution in [2.75, 3.05) is 31.2 Å². The molecule has 1 heterocycles. The van der Waals surface area contributed by atoms with E-state index >= 15 is 0 Å². The average molecular weight is 482 g/mol. The molecule has 5 aliphatic rings. The summed E-state index contributed by atoms with van der Waals surface area (Å²) in [5.74, 6) is 0.610. The third-order valence-corrected chi connectivity index (χ3v) is 10.6. The minimum Gasteiger partial charge on any atom is -0.393 e. The van der Waals surface area contributed by atoms with Crippen LogP contribution >= 0.6 is 0 Å². The van der Waals surface area contributed by atoms with E-state index in [1.807, 2.05) is 0 Å². The van der Waals surface area contributed by atoms with Gasteiger partial charge in [0.25, 0.3) is 0 Å². The zero-order chi connectivity index (χ0) is 24.4. The summed E-state index contributed by atoms with van der Waals surface area (Å²) < 4.78 is 12.1. The molecule has 2 N–H and O–H groups in total. The van der Waals surface area contributed by atoms with Crippen molar-refractivity contribution < 1.29 is 19.7 Å². The first-order chi connectivity index (χ1) is 16.8. The van der Waals surface area contributed by atoms with E-state index in [4.69, 9.17) is 9.47 Å². The molecule has 5 nitrogen and oxygen atoms in total. The smallest absolute Gasteiger partial charge is 0.171 e. The van der Waals surface area contributed by atoms with Crippen LogP contribution in [0.4, 0.5) is 5.69 Å². The quantitative estimate of drug-likeness (QED) is 0.582. The maximum Gasteiger partial charge on any atom is 0.171 e. The summed E-state index contributed by atoms with van der Waals surface area (Å²) >= 11 is 0. The van der Waals surface area contributed by atoms with Gasteiger partial charge in [0.15, 0.2) is 5.79 Å². The van der Waals surface area contributed by atoms with Gasteiger partial charge in [-0.1, -0.05) is 24.6 Å². The largest absolute Gasteiger partial charge is 0.393 e. The average Bonchev–Trinajstić information content (AvgIpc) is 3.42. The van der Waals surface area contributed by atoms with Crippen LogP contribution < -0.4 is 4.90 Å². The van der Waals surface area contributed by atoms with E-state index in [9.17, 15) is 10.2 Å². The van der Waals surface area contributed by atoms with E-state index < -0.39 is 11.4 Å². The van der Waals surface area contributed by atoms with Crippen LogP contribution in [0.3, 0.4) is 0 Å². The Labute approximate surface area is 210 Å². The highest BCUT2D eigenvalue weighted by molar-refractivity contribution is 5.50. The number of ether oxygens (including phenoxy) is 2. The molecule has 1 aromatic rings. The number of hydrogen-bond acceptors (Lipinski definition) is 5. The molecule has 4 aliphatic carbocycles. The first kappa shape index (κ1) is 24.0. The Kier molecular flexibility index (Phi) is 5.87. The number of fused-ring (bicyclic) bond motifs is 4. The van der Waals surface area contributed by atoms with Crippen LogP contribution in [0.25, 0.3) is 0 Å². The van der Waals surface area contributed by atoms with Crippen LogP contribution in [0.15, 0.2) is 35.4 Å². The van der Waals surface area contributed by atoms with Gasteiger partial charge in [0, 0.05) is 37.5 Å². The Balaban J connectivity index is 1.43. The van der Waals surface area contributed by atoms with E-state index in [0.29, 0.717) is 31.5 Å². The molecule has 1 aromatic carbocycles. The number of hydrogen-bond donors (Lipinski definition) is 2. The standard InChI is InChI=1S/C30H43NO4/c1-4-31(5-2)21-8-6-20(7-9-21)23-18-28(3)24(10-11-26(28)32)22-12-14-29(33)19-30(34-16-17-35-30)15-13-25(29)27(22)23/h6-9,22-24,26,32-33H,4-5,10-19H2,1-3H3/t22-,23+,24-,26?,28-,29+/m0/s1. The number of aliphatic hydroxyl groups excluding tert-OH is 1. The Morgan fingerprint density at radius 2 is 1.71 bits per heavy atom. The van der Waals surface area contributed by atoms with Crippen LogP contribution in [0.1, 0.15) is 83.6 Å². The van der Waals surface area contributed by atoms with Crippen LogP contribution in [0.2, 0.25) is 0 Å². The Morgan fingerprint density at radius 1 is 1.00 bits per heavy atom. The van der Waals surface area contributed by atoms with Crippen LogP contribution in [0, 0.1) is 17.3 Å². The zero-order valence-corrected chi connectivity index (χ0v) is 21.8. The number of nitrogens with zero attached hydrogens (tertiary/aromatic N) is 1. The molecule has 1 spiro atoms. The van der Waals surface area contributed by atoms with Crippen molar-refractivity contribution in [3.63, 3.8) is 0 Å². The van der Waals surface area contributed by atoms with Gasteiger partial charge in [0.1, 0.15) is 0 Å². The molecule has 5 heteroatoms. The van der Waals surface area contributed by atoms with Gasteiger partial charge in [-0.2, -0.15) is 0 Å². The van der Waals surface area contributed by atoms with E-state index in [1.54, 1.807) is 0 Å². The lowest BCUT2D eigenvalue weighted by Gasteiger charge is -2.56. The van der Waals surface area contributed by atoms with Gasteiger partial charge in [-0.15, -0.1) is 0 Å². The molecule has 192 valence electrons. The van der Waals surface area contributed by atoms with Gasteiger partial charge in [-0.25, -0.2) is 0 Å². The Bertz CT molecular complexity index is 979. The minimum absolute atomic E-state index is 0.0556. The van der Waals surface area contributed by atoms with Crippen LogP contribution in [-0.2, 0) is 9.47 Å². The predicted molar refractivity (Wildman–Crippen MR) is 137 cm³/mol. The Hall–Kier alpha value is -1.40. The lowest BCUT2D eigenvalue weighted by atomic mass is 9.51. The number of rotatable bonds is 4. The summed E-state index contributed by atoms with van der Waals surface area (Å²) in [6.45, 7) is 10.0. The molecular formula is C30H43NO4. The summed E-state index contributed by atoms with van der Waals surface area (Å²) in [6, 6.07) is 9.17. The normalized spacial score (nSPS) is 39.9. The SMILES string of the molecule is CCN(CC)c1ccc([C@H]2C[C@]3(C)C(O)CC[C@H]3[C@@H]3CC[C@@]4(O)CC5(CCC4=C32)OCCO5)cc1. The fraction of sp³-hybridized carbons (Fsp3) is 0.733. The molecule has 0 amide bonds. The van der Waals surface area contributed by atoms with Crippen molar-refractivity contribution in [1.29, 1.82) is 0 Å². The van der Waals surface area contributed by atoms with Crippen molar-refractivity contribution in [2.24, 2.45) is 17.3 Å². The van der Waals surface area contributed by atoms with Gasteiger partial charge in [-0.05, 0) is 92.9 Å². The molecule has 3 saturated carbocycles. The first-order valence-electron chi connectivity index (χ1n) is 14.1. The summed E-state index contributed by atoms with van der Waals surface area (Å²) in [5.41, 5.74) is 4.49. The van der Waals surface area contributed by atoms with Crippen LogP contribution in [0.5, 0.6) is 0 Å². The van der Waals surface area contributed by atoms with Gasteiger partial charge in [0.05, 0.1) is 24.9 Å². The number of benzene rings is 1. The molecule has 0 aromatic heterocycles. The highest BCUT2D eigenvalue weighted by Gasteiger charge is 2.60. The van der Waals surface area contributed by atoms with Gasteiger partial charge < -0.3 is 24.6 Å². The zero-order valence-electron chi connectivity index (χ0n) is 21.8. The van der Waals surface area contributed by atoms with Crippen molar-refractivity contribution in [1.82, 2.24) is 0 Å². The summed E-state index contributed by atoms with van der Waals surface area (Å²) in [7, 11) is 0. The number of aliphatic hydroxyl groups is 2. The molecule has 6 rings (SSSR count). The monoisotopic (exact) mass is 481 g/mol. The summed E-state index contributed by atoms with van der Waals surface area (Å²) in [5, 5.41) is 23.2. The molecule has 1 saturated heterocycles.